The summed E-state index contributed by atoms with van der Waals surface area (Å²) in [5.74, 6) is -0.0792. The van der Waals surface area contributed by atoms with Gasteiger partial charge in [-0.25, -0.2) is 0 Å². The Bertz CT molecular complexity index is 400. The van der Waals surface area contributed by atoms with Crippen LogP contribution in [0.3, 0.4) is 0 Å². The highest BCUT2D eigenvalue weighted by atomic mass is 16.5. The lowest BCUT2D eigenvalue weighted by atomic mass is 10.2. The quantitative estimate of drug-likeness (QED) is 0.761. The topological polar surface area (TPSA) is 73.4 Å². The maximum atomic E-state index is 12.3. The summed E-state index contributed by atoms with van der Waals surface area (Å²) in [6.45, 7) is 5.10. The normalized spacial score (nSPS) is 25.0. The highest BCUT2D eigenvalue weighted by molar-refractivity contribution is 5.97. The summed E-state index contributed by atoms with van der Waals surface area (Å²) in [7, 11) is 1.72. The molecule has 17 heavy (non-hydrogen) atoms. The van der Waals surface area contributed by atoms with Gasteiger partial charge in [0.15, 0.2) is 0 Å². The van der Waals surface area contributed by atoms with E-state index >= 15 is 0 Å². The van der Waals surface area contributed by atoms with Gasteiger partial charge in [-0.05, 0) is 13.8 Å². The maximum absolute atomic E-state index is 12.3. The molecule has 94 valence electrons. The van der Waals surface area contributed by atoms with Crippen molar-refractivity contribution in [3.05, 3.63) is 11.9 Å². The van der Waals surface area contributed by atoms with Crippen LogP contribution in [-0.2, 0) is 11.8 Å². The number of morpholine rings is 1. The molecule has 1 saturated heterocycles. The first-order valence-corrected chi connectivity index (χ1v) is 5.71. The SMILES string of the molecule is C[C@@H]1CN(C(=O)c2c(N)cnn2C)C[C@H](C)O1. The molecule has 0 spiro atoms. The fourth-order valence-electron chi connectivity index (χ4n) is 2.21. The van der Waals surface area contributed by atoms with Crippen molar-refractivity contribution in [1.29, 1.82) is 0 Å². The number of rotatable bonds is 1. The van der Waals surface area contributed by atoms with Gasteiger partial charge in [0.05, 0.1) is 24.1 Å². The van der Waals surface area contributed by atoms with Crippen LogP contribution in [0.15, 0.2) is 6.20 Å². The first kappa shape index (κ1) is 11.9. The van der Waals surface area contributed by atoms with Crippen molar-refractivity contribution in [2.24, 2.45) is 7.05 Å². The van der Waals surface area contributed by atoms with Crippen molar-refractivity contribution in [1.82, 2.24) is 14.7 Å². The van der Waals surface area contributed by atoms with E-state index in [9.17, 15) is 4.79 Å². The average molecular weight is 238 g/mol. The lowest BCUT2D eigenvalue weighted by Crippen LogP contribution is -2.48. The first-order valence-electron chi connectivity index (χ1n) is 5.71. The van der Waals surface area contributed by atoms with Gasteiger partial charge >= 0.3 is 0 Å². The van der Waals surface area contributed by atoms with Gasteiger partial charge in [0.2, 0.25) is 0 Å². The second kappa shape index (κ2) is 4.37. The number of carbonyl (C=O) groups is 1. The highest BCUT2D eigenvalue weighted by Crippen LogP contribution is 2.17. The van der Waals surface area contributed by atoms with E-state index in [1.165, 1.54) is 10.9 Å². The van der Waals surface area contributed by atoms with E-state index in [-0.39, 0.29) is 18.1 Å². The predicted octanol–water partition coefficient (Wildman–Crippen LogP) is 0.252. The van der Waals surface area contributed by atoms with Crippen molar-refractivity contribution in [3.8, 4) is 0 Å². The molecular weight excluding hydrogens is 220 g/mol. The summed E-state index contributed by atoms with van der Waals surface area (Å²) in [4.78, 5) is 14.1. The standard InChI is InChI=1S/C11H18N4O2/c1-7-5-15(6-8(2)17-7)11(16)10-9(12)4-13-14(10)3/h4,7-8H,5-6,12H2,1-3H3/t7-,8+. The molecule has 2 rings (SSSR count). The number of nitrogens with two attached hydrogens (primary N) is 1. The zero-order valence-electron chi connectivity index (χ0n) is 10.4. The number of aryl methyl sites for hydroxylation is 1. The van der Waals surface area contributed by atoms with Crippen LogP contribution in [0.1, 0.15) is 24.3 Å². The molecule has 0 aromatic carbocycles. The van der Waals surface area contributed by atoms with Crippen LogP contribution < -0.4 is 5.73 Å². The van der Waals surface area contributed by atoms with Gasteiger partial charge in [0.25, 0.3) is 5.91 Å². The molecule has 0 aliphatic carbocycles. The Morgan fingerprint density at radius 3 is 2.53 bits per heavy atom. The summed E-state index contributed by atoms with van der Waals surface area (Å²) in [6.07, 6.45) is 1.61. The minimum absolute atomic E-state index is 0.0529. The summed E-state index contributed by atoms with van der Waals surface area (Å²) < 4.78 is 7.11. The van der Waals surface area contributed by atoms with Gasteiger partial charge in [-0.15, -0.1) is 0 Å². The van der Waals surface area contributed by atoms with E-state index in [1.807, 2.05) is 13.8 Å². The second-order valence-corrected chi connectivity index (χ2v) is 4.54. The molecule has 6 nitrogen and oxygen atoms in total. The third-order valence-corrected chi connectivity index (χ3v) is 2.88. The Morgan fingerprint density at radius 2 is 2.06 bits per heavy atom. The number of amides is 1. The summed E-state index contributed by atoms with van der Waals surface area (Å²) in [5.41, 5.74) is 6.63. The summed E-state index contributed by atoms with van der Waals surface area (Å²) in [5, 5.41) is 3.98. The van der Waals surface area contributed by atoms with Crippen molar-refractivity contribution in [2.75, 3.05) is 18.8 Å². The Morgan fingerprint density at radius 1 is 1.47 bits per heavy atom. The van der Waals surface area contributed by atoms with E-state index in [1.54, 1.807) is 11.9 Å². The van der Waals surface area contributed by atoms with Crippen LogP contribution in [0.2, 0.25) is 0 Å². The van der Waals surface area contributed by atoms with Crippen molar-refractivity contribution in [2.45, 2.75) is 26.1 Å². The number of nitrogens with zero attached hydrogens (tertiary/aromatic N) is 3. The average Bonchev–Trinajstić information content (AvgIpc) is 2.56. The molecule has 0 unspecified atom stereocenters. The van der Waals surface area contributed by atoms with Gasteiger partial charge < -0.3 is 15.4 Å². The number of aromatic nitrogens is 2. The van der Waals surface area contributed by atoms with Crippen LogP contribution >= 0.6 is 0 Å². The van der Waals surface area contributed by atoms with E-state index in [0.717, 1.165) is 0 Å². The van der Waals surface area contributed by atoms with Gasteiger partial charge in [0.1, 0.15) is 5.69 Å². The molecule has 1 aliphatic heterocycles. The molecule has 6 heteroatoms. The molecule has 1 aromatic rings. The maximum Gasteiger partial charge on any atom is 0.274 e. The summed E-state index contributed by atoms with van der Waals surface area (Å²) >= 11 is 0. The first-order chi connectivity index (χ1) is 7.99. The fraction of sp³-hybridized carbons (Fsp3) is 0.636. The van der Waals surface area contributed by atoms with Crippen molar-refractivity contribution >= 4 is 11.6 Å². The van der Waals surface area contributed by atoms with Gasteiger partial charge in [-0.2, -0.15) is 5.10 Å². The predicted molar refractivity (Wildman–Crippen MR) is 63.5 cm³/mol. The number of nitrogen functional groups attached to an aromatic ring is 1. The van der Waals surface area contributed by atoms with E-state index in [4.69, 9.17) is 10.5 Å². The molecule has 2 N–H and O–H groups in total. The third kappa shape index (κ3) is 2.26. The number of hydrogen-bond donors (Lipinski definition) is 1. The van der Waals surface area contributed by atoms with Crippen LogP contribution in [0.4, 0.5) is 5.69 Å². The largest absolute Gasteiger partial charge is 0.396 e. The summed E-state index contributed by atoms with van der Waals surface area (Å²) in [6, 6.07) is 0. The molecule has 1 aliphatic rings. The van der Waals surface area contributed by atoms with Gasteiger partial charge in [0, 0.05) is 20.1 Å². The Balaban J connectivity index is 2.20. The third-order valence-electron chi connectivity index (χ3n) is 2.88. The molecule has 0 saturated carbocycles. The second-order valence-electron chi connectivity index (χ2n) is 4.54. The number of anilines is 1. The minimum atomic E-state index is -0.0792. The van der Waals surface area contributed by atoms with Crippen molar-refractivity contribution in [3.63, 3.8) is 0 Å². The fourth-order valence-corrected chi connectivity index (χ4v) is 2.21. The smallest absolute Gasteiger partial charge is 0.274 e. The van der Waals surface area contributed by atoms with Crippen LogP contribution in [-0.4, -0.2) is 45.9 Å². The van der Waals surface area contributed by atoms with E-state index < -0.39 is 0 Å². The van der Waals surface area contributed by atoms with E-state index in [0.29, 0.717) is 24.5 Å². The highest BCUT2D eigenvalue weighted by Gasteiger charge is 2.29. The molecule has 1 aromatic heterocycles. The van der Waals surface area contributed by atoms with Gasteiger partial charge in [-0.1, -0.05) is 0 Å². The molecule has 1 amide bonds. The number of carbonyl (C=O) groups excluding carboxylic acids is 1. The number of hydrogen-bond acceptors (Lipinski definition) is 4. The van der Waals surface area contributed by atoms with Crippen molar-refractivity contribution < 1.29 is 9.53 Å². The van der Waals surface area contributed by atoms with Crippen LogP contribution in [0.25, 0.3) is 0 Å². The monoisotopic (exact) mass is 238 g/mol. The zero-order chi connectivity index (χ0) is 12.6. The lowest BCUT2D eigenvalue weighted by molar-refractivity contribution is -0.0588. The Hall–Kier alpha value is -1.56. The molecule has 2 atom stereocenters. The molecule has 0 bridgehead atoms. The molecule has 0 radical (unpaired) electrons. The lowest BCUT2D eigenvalue weighted by Gasteiger charge is -2.35. The molecular formula is C11H18N4O2. The van der Waals surface area contributed by atoms with Gasteiger partial charge in [-0.3, -0.25) is 9.48 Å². The Kier molecular flexibility index (Phi) is 3.06. The zero-order valence-corrected chi connectivity index (χ0v) is 10.4. The van der Waals surface area contributed by atoms with E-state index in [2.05, 4.69) is 5.10 Å². The van der Waals surface area contributed by atoms with Crippen LogP contribution in [0, 0.1) is 0 Å². The minimum Gasteiger partial charge on any atom is -0.396 e. The molecule has 2 heterocycles. The number of ether oxygens (including phenoxy) is 1. The Labute approximate surface area is 100 Å². The van der Waals surface area contributed by atoms with Crippen LogP contribution in [0.5, 0.6) is 0 Å². The molecule has 1 fully saturated rings.